The van der Waals surface area contributed by atoms with Crippen LogP contribution in [0.5, 0.6) is 0 Å². The summed E-state index contributed by atoms with van der Waals surface area (Å²) in [7, 11) is 0. The van der Waals surface area contributed by atoms with Gasteiger partial charge >= 0.3 is 12.1 Å². The topological polar surface area (TPSA) is 161 Å². The van der Waals surface area contributed by atoms with E-state index in [1.807, 2.05) is 0 Å². The molecule has 1 aromatic carbocycles. The molecule has 1 saturated heterocycles. The summed E-state index contributed by atoms with van der Waals surface area (Å²) in [5.74, 6) is -7.17. The number of piperidine rings is 1. The number of ketones is 1. The lowest BCUT2D eigenvalue weighted by molar-refractivity contribution is -0.141. The summed E-state index contributed by atoms with van der Waals surface area (Å²) in [6.45, 7) is 3.62. The van der Waals surface area contributed by atoms with Crippen molar-refractivity contribution >= 4 is 40.2 Å². The Morgan fingerprint density at radius 3 is 2.51 bits per heavy atom. The van der Waals surface area contributed by atoms with Crippen LogP contribution in [0, 0.1) is 19.3 Å². The van der Waals surface area contributed by atoms with Crippen LogP contribution in [0.2, 0.25) is 0 Å². The number of nitrogens with one attached hydrogen (secondary N) is 2. The van der Waals surface area contributed by atoms with Crippen molar-refractivity contribution in [2.45, 2.75) is 77.4 Å². The van der Waals surface area contributed by atoms with Crippen molar-refractivity contribution in [2.75, 3.05) is 18.5 Å². The molecule has 3 aromatic heterocycles. The van der Waals surface area contributed by atoms with E-state index in [0.717, 1.165) is 18.2 Å². The Morgan fingerprint density at radius 1 is 1.05 bits per heavy atom. The first-order valence-electron chi connectivity index (χ1n) is 17.4. The molecule has 2 fully saturated rings. The maximum absolute atomic E-state index is 14.9. The number of hydrogen-bond donors (Lipinski definition) is 2. The number of amides is 3. The Bertz CT molecular complexity index is 2260. The number of alkyl halides is 5. The fourth-order valence-electron chi connectivity index (χ4n) is 7.30. The van der Waals surface area contributed by atoms with E-state index < -0.39 is 65.3 Å². The average Bonchev–Trinajstić information content (AvgIpc) is 3.53. The predicted molar refractivity (Wildman–Crippen MR) is 186 cm³/mol. The Balaban J connectivity index is 1.30. The lowest BCUT2D eigenvalue weighted by Crippen LogP contribution is -2.47. The number of nitrogens with zero attached hydrogens (tertiary/aromatic N) is 6. The van der Waals surface area contributed by atoms with Gasteiger partial charge in [0.05, 0.1) is 18.7 Å². The Kier molecular flexibility index (Phi) is 9.51. The van der Waals surface area contributed by atoms with E-state index in [9.17, 15) is 41.1 Å². The van der Waals surface area contributed by atoms with Crippen LogP contribution < -0.4 is 10.6 Å². The molecule has 3 amide bonds. The fourth-order valence-corrected chi connectivity index (χ4v) is 7.30. The number of anilines is 1. The van der Waals surface area contributed by atoms with Crippen LogP contribution in [0.4, 0.5) is 27.8 Å². The minimum Gasteiger partial charge on any atom is -0.376 e. The van der Waals surface area contributed by atoms with Crippen LogP contribution >= 0.6 is 0 Å². The molecule has 0 unspecified atom stereocenters. The van der Waals surface area contributed by atoms with Gasteiger partial charge in [0.2, 0.25) is 11.8 Å². The van der Waals surface area contributed by atoms with Gasteiger partial charge in [0.25, 0.3) is 5.91 Å². The fraction of sp³-hybridized carbons (Fsp3) is 0.405. The summed E-state index contributed by atoms with van der Waals surface area (Å²) in [4.78, 5) is 67.3. The molecule has 7 rings (SSSR count). The van der Waals surface area contributed by atoms with Gasteiger partial charge in [-0.05, 0) is 68.5 Å². The molecule has 1 saturated carbocycles. The standard InChI is InChI=1S/C37H35F5N8O5/c1-19-6-7-27(37(40,41)42)46-32(19)47-33(53)26-12-35-13-28(35)50(26)29(52)16-49-31-23(17-55-9-5-4-8-36(38,39)34(54)45-18-35)10-22(24-14-43-21(3)44-15-24)11-25(31)30(48-49)20(2)51/h4,6-8,10-11,14-15,26,28H,5,9,12-13,16-18H2,1-3H3,(H,45,54)(H,46,47,53)/b8-4-/t26-,28+,35-/m0/s1. The molecule has 2 bridgehead atoms. The van der Waals surface area contributed by atoms with E-state index >= 15 is 0 Å². The highest BCUT2D eigenvalue weighted by molar-refractivity contribution is 6.07. The molecule has 5 heterocycles. The molecule has 0 radical (unpaired) electrons. The largest absolute Gasteiger partial charge is 0.433 e. The minimum absolute atomic E-state index is 0.0181. The molecule has 1 aliphatic carbocycles. The first kappa shape index (κ1) is 37.7. The van der Waals surface area contributed by atoms with Crippen LogP contribution in [0.15, 0.2) is 48.8 Å². The lowest BCUT2D eigenvalue weighted by Gasteiger charge is -2.27. The third-order valence-corrected chi connectivity index (χ3v) is 10.2. The van der Waals surface area contributed by atoms with E-state index in [0.29, 0.717) is 39.5 Å². The van der Waals surface area contributed by atoms with Gasteiger partial charge in [-0.15, -0.1) is 0 Å². The van der Waals surface area contributed by atoms with Gasteiger partial charge in [0.15, 0.2) is 5.78 Å². The SMILES string of the molecule is CC(=O)c1nn2c3c(cc(-c4cnc(C)nc4)cc13)COCC/C=C\C(F)(F)C(=O)NC[C@@]13C[C@@H](C(=O)Nc4nc(C(F)(F)F)ccc4C)N(C(=O)C2)[C@@H]1C3. The van der Waals surface area contributed by atoms with Crippen molar-refractivity contribution in [3.63, 3.8) is 0 Å². The molecule has 55 heavy (non-hydrogen) atoms. The van der Waals surface area contributed by atoms with Crippen LogP contribution in [0.1, 0.15) is 59.3 Å². The summed E-state index contributed by atoms with van der Waals surface area (Å²) < 4.78 is 77.5. The number of aryl methyl sites for hydroxylation is 2. The first-order valence-corrected chi connectivity index (χ1v) is 17.4. The second-order valence-electron chi connectivity index (χ2n) is 14.1. The normalized spacial score (nSPS) is 23.4. The molecule has 13 nitrogen and oxygen atoms in total. The number of halogens is 5. The predicted octanol–water partition coefficient (Wildman–Crippen LogP) is 4.95. The van der Waals surface area contributed by atoms with E-state index in [4.69, 9.17) is 4.74 Å². The molecular formula is C37H35F5N8O5. The van der Waals surface area contributed by atoms with Gasteiger partial charge in [-0.2, -0.15) is 27.1 Å². The summed E-state index contributed by atoms with van der Waals surface area (Å²) >= 11 is 0. The van der Waals surface area contributed by atoms with Gasteiger partial charge in [-0.3, -0.25) is 23.9 Å². The third kappa shape index (κ3) is 7.29. The molecule has 2 aliphatic heterocycles. The van der Waals surface area contributed by atoms with Crippen molar-refractivity contribution in [1.82, 2.24) is 34.9 Å². The van der Waals surface area contributed by atoms with Crippen LogP contribution in [0.25, 0.3) is 22.0 Å². The summed E-state index contributed by atoms with van der Waals surface area (Å²) in [6, 6.07) is 3.43. The van der Waals surface area contributed by atoms with Gasteiger partial charge in [0.1, 0.15) is 35.6 Å². The van der Waals surface area contributed by atoms with E-state index in [1.54, 1.807) is 31.5 Å². The smallest absolute Gasteiger partial charge is 0.376 e. The number of rotatable bonds is 4. The maximum Gasteiger partial charge on any atom is 0.433 e. The highest BCUT2D eigenvalue weighted by atomic mass is 19.4. The summed E-state index contributed by atoms with van der Waals surface area (Å²) in [5, 5.41) is 9.64. The van der Waals surface area contributed by atoms with Gasteiger partial charge in [0, 0.05) is 53.8 Å². The van der Waals surface area contributed by atoms with Crippen LogP contribution in [0.3, 0.4) is 0 Å². The molecule has 288 valence electrons. The second kappa shape index (κ2) is 13.9. The second-order valence-corrected chi connectivity index (χ2v) is 14.1. The molecular weight excluding hydrogens is 731 g/mol. The lowest BCUT2D eigenvalue weighted by atomic mass is 9.98. The quantitative estimate of drug-likeness (QED) is 0.166. The molecule has 3 atom stereocenters. The zero-order valence-electron chi connectivity index (χ0n) is 29.8. The van der Waals surface area contributed by atoms with Gasteiger partial charge < -0.3 is 20.3 Å². The number of carbonyl (C=O) groups excluding carboxylic acids is 4. The number of Topliss-reactive ketones (excluding diaryl/α,β-unsaturated/α-hetero) is 1. The van der Waals surface area contributed by atoms with E-state index in [2.05, 4.69) is 30.7 Å². The number of pyridine rings is 1. The number of hydrogen-bond acceptors (Lipinski definition) is 9. The van der Waals surface area contributed by atoms with Crippen molar-refractivity contribution in [3.05, 3.63) is 77.2 Å². The third-order valence-electron chi connectivity index (χ3n) is 10.2. The van der Waals surface area contributed by atoms with Crippen molar-refractivity contribution < 1.29 is 45.9 Å². The molecule has 4 aromatic rings. The first-order chi connectivity index (χ1) is 26.0. The zero-order valence-corrected chi connectivity index (χ0v) is 29.8. The highest BCUT2D eigenvalue weighted by Crippen LogP contribution is 2.59. The van der Waals surface area contributed by atoms with Crippen LogP contribution in [-0.4, -0.2) is 84.3 Å². The summed E-state index contributed by atoms with van der Waals surface area (Å²) in [5.41, 5.74) is 0.184. The van der Waals surface area contributed by atoms with Crippen molar-refractivity contribution in [3.8, 4) is 11.1 Å². The Hall–Kier alpha value is -5.65. The Labute approximate surface area is 310 Å². The zero-order chi connectivity index (χ0) is 39.4. The van der Waals surface area contributed by atoms with Crippen LogP contribution in [-0.2, 0) is 38.4 Å². The van der Waals surface area contributed by atoms with Crippen molar-refractivity contribution in [1.29, 1.82) is 0 Å². The molecule has 3 aliphatic rings. The molecule has 0 spiro atoms. The molecule has 18 heteroatoms. The maximum atomic E-state index is 14.9. The number of ether oxygens (including phenoxy) is 1. The average molecular weight is 767 g/mol. The van der Waals surface area contributed by atoms with Gasteiger partial charge in [-0.1, -0.05) is 12.1 Å². The van der Waals surface area contributed by atoms with E-state index in [-0.39, 0.29) is 56.1 Å². The van der Waals surface area contributed by atoms with Gasteiger partial charge in [-0.25, -0.2) is 15.0 Å². The Morgan fingerprint density at radius 2 is 1.80 bits per heavy atom. The summed E-state index contributed by atoms with van der Waals surface area (Å²) in [6.07, 6.45) is 0.231. The van der Waals surface area contributed by atoms with E-state index in [1.165, 1.54) is 23.4 Å². The number of benzene rings is 1. The highest BCUT2D eigenvalue weighted by Gasteiger charge is 2.67. The number of aromatic nitrogens is 5. The minimum atomic E-state index is -4.80. The van der Waals surface area contributed by atoms with Crippen molar-refractivity contribution in [2.24, 2.45) is 5.41 Å². The number of carbonyl (C=O) groups is 4. The monoisotopic (exact) mass is 766 g/mol. The molecule has 2 N–H and O–H groups in total.